The van der Waals surface area contributed by atoms with E-state index >= 15 is 0 Å². The van der Waals surface area contributed by atoms with Crippen LogP contribution in [0.1, 0.15) is 11.3 Å². The van der Waals surface area contributed by atoms with E-state index in [4.69, 9.17) is 0 Å². The van der Waals surface area contributed by atoms with Crippen molar-refractivity contribution in [2.45, 2.75) is 18.7 Å². The average Bonchev–Trinajstić information content (AvgIpc) is 2.94. The lowest BCUT2D eigenvalue weighted by Gasteiger charge is -2.09. The molecule has 0 spiro atoms. The van der Waals surface area contributed by atoms with Crippen molar-refractivity contribution < 1.29 is 9.18 Å². The Bertz CT molecular complexity index is 890. The van der Waals surface area contributed by atoms with Crippen molar-refractivity contribution in [2.75, 3.05) is 11.1 Å². The molecule has 0 bridgehead atoms. The van der Waals surface area contributed by atoms with Gasteiger partial charge in [0.15, 0.2) is 0 Å². The molecular weight excluding hydrogens is 337 g/mol. The molecule has 1 heterocycles. The van der Waals surface area contributed by atoms with E-state index in [1.807, 2.05) is 38.1 Å². The number of carbonyl (C=O) groups is 1. The van der Waals surface area contributed by atoms with Gasteiger partial charge in [-0.1, -0.05) is 17.7 Å². The van der Waals surface area contributed by atoms with Crippen LogP contribution in [0.2, 0.25) is 0 Å². The number of carbonyl (C=O) groups excluding carboxylic acids is 1. The molecule has 4 nitrogen and oxygen atoms in total. The molecule has 2 aromatic carbocycles. The minimum atomic E-state index is -0.312. The van der Waals surface area contributed by atoms with E-state index in [-0.39, 0.29) is 11.7 Å². The van der Waals surface area contributed by atoms with Crippen molar-refractivity contribution in [2.24, 2.45) is 0 Å². The van der Waals surface area contributed by atoms with Gasteiger partial charge in [-0.2, -0.15) is 5.10 Å². The van der Waals surface area contributed by atoms with E-state index in [9.17, 15) is 9.18 Å². The Morgan fingerprint density at radius 1 is 1.16 bits per heavy atom. The third-order valence-electron chi connectivity index (χ3n) is 3.53. The summed E-state index contributed by atoms with van der Waals surface area (Å²) in [5.74, 6) is 0.443. The van der Waals surface area contributed by atoms with Gasteiger partial charge in [0.05, 0.1) is 17.1 Å². The van der Waals surface area contributed by atoms with E-state index < -0.39 is 0 Å². The van der Waals surface area contributed by atoms with Crippen molar-refractivity contribution >= 4 is 23.5 Å². The monoisotopic (exact) mass is 355 g/mol. The highest BCUT2D eigenvalue weighted by Gasteiger charge is 2.11. The molecule has 0 unspecified atom stereocenters. The number of halogens is 1. The first kappa shape index (κ1) is 17.2. The third kappa shape index (κ3) is 4.48. The van der Waals surface area contributed by atoms with Crippen LogP contribution in [0, 0.1) is 19.7 Å². The number of nitrogens with one attached hydrogen (secondary N) is 1. The molecule has 0 radical (unpaired) electrons. The minimum absolute atomic E-state index is 0.116. The van der Waals surface area contributed by atoms with Gasteiger partial charge in [-0.25, -0.2) is 9.07 Å². The number of aromatic nitrogens is 2. The molecule has 25 heavy (non-hydrogen) atoms. The highest BCUT2D eigenvalue weighted by molar-refractivity contribution is 8.00. The summed E-state index contributed by atoms with van der Waals surface area (Å²) in [5, 5.41) is 7.24. The van der Waals surface area contributed by atoms with Crippen molar-refractivity contribution in [3.05, 3.63) is 71.7 Å². The molecule has 0 atom stereocenters. The third-order valence-corrected chi connectivity index (χ3v) is 4.52. The molecule has 1 N–H and O–H groups in total. The first-order chi connectivity index (χ1) is 12.0. The number of thioether (sulfide) groups is 1. The molecule has 1 aromatic heterocycles. The zero-order chi connectivity index (χ0) is 17.8. The first-order valence-corrected chi connectivity index (χ1v) is 8.82. The van der Waals surface area contributed by atoms with Gasteiger partial charge in [0.25, 0.3) is 0 Å². The Morgan fingerprint density at radius 2 is 1.92 bits per heavy atom. The maximum Gasteiger partial charge on any atom is 0.235 e. The van der Waals surface area contributed by atoms with E-state index in [2.05, 4.69) is 10.4 Å². The molecule has 3 aromatic rings. The number of benzene rings is 2. The second-order valence-corrected chi connectivity index (χ2v) is 6.76. The van der Waals surface area contributed by atoms with Gasteiger partial charge in [0, 0.05) is 11.0 Å². The van der Waals surface area contributed by atoms with Crippen LogP contribution in [-0.2, 0) is 4.79 Å². The maximum absolute atomic E-state index is 13.1. The molecule has 0 aliphatic heterocycles. The molecule has 0 aliphatic carbocycles. The maximum atomic E-state index is 13.1. The number of aryl methyl sites for hydroxylation is 2. The molecule has 128 valence electrons. The van der Waals surface area contributed by atoms with Crippen LogP contribution in [0.25, 0.3) is 5.69 Å². The molecular formula is C19H18FN3OS. The second kappa shape index (κ2) is 7.53. The summed E-state index contributed by atoms with van der Waals surface area (Å²) in [6.07, 6.45) is 0. The van der Waals surface area contributed by atoms with Crippen LogP contribution in [0.4, 0.5) is 10.2 Å². The van der Waals surface area contributed by atoms with Crippen LogP contribution in [-0.4, -0.2) is 21.4 Å². The van der Waals surface area contributed by atoms with Crippen molar-refractivity contribution in [1.29, 1.82) is 0 Å². The number of rotatable bonds is 5. The predicted octanol–water partition coefficient (Wildman–Crippen LogP) is 4.36. The summed E-state index contributed by atoms with van der Waals surface area (Å²) in [5.41, 5.74) is 2.62. The fourth-order valence-corrected chi connectivity index (χ4v) is 3.21. The Labute approximate surface area is 150 Å². The Kier molecular flexibility index (Phi) is 5.19. The normalized spacial score (nSPS) is 10.7. The van der Waals surface area contributed by atoms with Gasteiger partial charge in [0.2, 0.25) is 5.91 Å². The molecule has 0 aliphatic rings. The van der Waals surface area contributed by atoms with Gasteiger partial charge < -0.3 is 5.32 Å². The molecule has 0 saturated carbocycles. The van der Waals surface area contributed by atoms with Crippen molar-refractivity contribution in [3.8, 4) is 5.69 Å². The lowest BCUT2D eigenvalue weighted by atomic mass is 10.2. The first-order valence-electron chi connectivity index (χ1n) is 7.83. The smallest absolute Gasteiger partial charge is 0.235 e. The summed E-state index contributed by atoms with van der Waals surface area (Å²) in [6.45, 7) is 3.87. The lowest BCUT2D eigenvalue weighted by molar-refractivity contribution is -0.113. The zero-order valence-electron chi connectivity index (χ0n) is 14.0. The largest absolute Gasteiger partial charge is 0.310 e. The highest BCUT2D eigenvalue weighted by atomic mass is 32.2. The predicted molar refractivity (Wildman–Crippen MR) is 98.8 cm³/mol. The van der Waals surface area contributed by atoms with Crippen LogP contribution < -0.4 is 5.32 Å². The number of nitrogens with zero attached hydrogens (tertiary/aromatic N) is 2. The Morgan fingerprint density at radius 3 is 2.64 bits per heavy atom. The van der Waals surface area contributed by atoms with Gasteiger partial charge in [0.1, 0.15) is 11.6 Å². The van der Waals surface area contributed by atoms with E-state index in [0.29, 0.717) is 17.3 Å². The van der Waals surface area contributed by atoms with E-state index in [1.165, 1.54) is 23.9 Å². The summed E-state index contributed by atoms with van der Waals surface area (Å²) < 4.78 is 14.7. The van der Waals surface area contributed by atoms with Crippen molar-refractivity contribution in [1.82, 2.24) is 9.78 Å². The summed E-state index contributed by atoms with van der Waals surface area (Å²) in [7, 11) is 0. The fourth-order valence-electron chi connectivity index (χ4n) is 2.40. The number of hydrogen-bond donors (Lipinski definition) is 1. The van der Waals surface area contributed by atoms with Crippen LogP contribution in [0.15, 0.2) is 59.5 Å². The van der Waals surface area contributed by atoms with Crippen molar-refractivity contribution in [3.63, 3.8) is 0 Å². The second-order valence-electron chi connectivity index (χ2n) is 5.71. The summed E-state index contributed by atoms with van der Waals surface area (Å²) in [4.78, 5) is 13.3. The molecule has 1 amide bonds. The lowest BCUT2D eigenvalue weighted by Crippen LogP contribution is -2.17. The van der Waals surface area contributed by atoms with Crippen LogP contribution in [0.5, 0.6) is 0 Å². The number of amides is 1. The Hall–Kier alpha value is -2.60. The number of anilines is 1. The highest BCUT2D eigenvalue weighted by Crippen LogP contribution is 2.21. The van der Waals surface area contributed by atoms with Gasteiger partial charge >= 0.3 is 0 Å². The van der Waals surface area contributed by atoms with Gasteiger partial charge in [-0.05, 0) is 50.2 Å². The van der Waals surface area contributed by atoms with Gasteiger partial charge in [-0.15, -0.1) is 11.8 Å². The number of hydrogen-bond acceptors (Lipinski definition) is 3. The minimum Gasteiger partial charge on any atom is -0.310 e. The quantitative estimate of drug-likeness (QED) is 0.692. The zero-order valence-corrected chi connectivity index (χ0v) is 14.8. The topological polar surface area (TPSA) is 46.9 Å². The molecule has 0 fully saturated rings. The fraction of sp³-hybridized carbons (Fsp3) is 0.158. The summed E-state index contributed by atoms with van der Waals surface area (Å²) >= 11 is 1.48. The van der Waals surface area contributed by atoms with Crippen LogP contribution >= 0.6 is 11.8 Å². The van der Waals surface area contributed by atoms with E-state index in [0.717, 1.165) is 16.2 Å². The molecule has 0 saturated heterocycles. The molecule has 3 rings (SSSR count). The molecule has 6 heteroatoms. The standard InChI is InChI=1S/C19H18FN3OS/c1-13-4-3-5-17(10-13)25-12-19(24)21-18-11-14(2)22-23(18)16-8-6-15(20)7-9-16/h3-11H,12H2,1-2H3,(H,21,24). The Balaban J connectivity index is 1.70. The average molecular weight is 355 g/mol. The summed E-state index contributed by atoms with van der Waals surface area (Å²) in [6, 6.07) is 15.8. The SMILES string of the molecule is Cc1cccc(SCC(=O)Nc2cc(C)nn2-c2ccc(F)cc2)c1. The van der Waals surface area contributed by atoms with Gasteiger partial charge in [-0.3, -0.25) is 4.79 Å². The van der Waals surface area contributed by atoms with E-state index in [1.54, 1.807) is 22.9 Å². The van der Waals surface area contributed by atoms with Crippen LogP contribution in [0.3, 0.4) is 0 Å².